The number of aromatic nitrogens is 1. The standard InChI is InChI=1S/C23H18NS2.ClH/c1-2-8-17-16(7-1)19-15-23(20-10-5-13-25-20,21-11-6-14-26-21)22(17)18-9-3-4-12-24(18)19;/h1-14,19,22H,15H2;1H/q+1;/p-1/t19-,22+;/m1./s1. The van der Waals surface area contributed by atoms with Crippen molar-refractivity contribution in [2.75, 3.05) is 0 Å². The zero-order valence-corrected chi connectivity index (χ0v) is 17.0. The fourth-order valence-corrected chi connectivity index (χ4v) is 7.23. The second-order valence-corrected chi connectivity index (χ2v) is 9.14. The van der Waals surface area contributed by atoms with Crippen molar-refractivity contribution in [1.29, 1.82) is 0 Å². The Morgan fingerprint density at radius 1 is 0.778 bits per heavy atom. The molecule has 1 nitrogen and oxygen atoms in total. The van der Waals surface area contributed by atoms with E-state index in [1.165, 1.54) is 26.6 Å². The fourth-order valence-electron chi connectivity index (χ4n) is 5.21. The van der Waals surface area contributed by atoms with Gasteiger partial charge in [-0.3, -0.25) is 0 Å². The molecular weight excluding hydrogens is 390 g/mol. The summed E-state index contributed by atoms with van der Waals surface area (Å²) in [5.41, 5.74) is 4.51. The Balaban J connectivity index is 0.00000160. The first-order valence-electron chi connectivity index (χ1n) is 9.06. The van der Waals surface area contributed by atoms with Crippen molar-refractivity contribution in [3.63, 3.8) is 0 Å². The molecule has 27 heavy (non-hydrogen) atoms. The molecule has 2 atom stereocenters. The first-order valence-corrected chi connectivity index (χ1v) is 10.8. The first-order chi connectivity index (χ1) is 12.9. The van der Waals surface area contributed by atoms with Gasteiger partial charge in [0.1, 0.15) is 0 Å². The maximum absolute atomic E-state index is 2.52. The zero-order chi connectivity index (χ0) is 17.1. The number of rotatable bonds is 2. The predicted octanol–water partition coefficient (Wildman–Crippen LogP) is 2.53. The summed E-state index contributed by atoms with van der Waals surface area (Å²) in [5.74, 6) is 0.363. The lowest BCUT2D eigenvalue weighted by molar-refractivity contribution is -0.732. The monoisotopic (exact) mass is 407 g/mol. The van der Waals surface area contributed by atoms with Gasteiger partial charge in [-0.1, -0.05) is 42.5 Å². The molecule has 0 saturated carbocycles. The van der Waals surface area contributed by atoms with Crippen molar-refractivity contribution in [2.45, 2.75) is 23.8 Å². The van der Waals surface area contributed by atoms with E-state index in [2.05, 4.69) is 88.3 Å². The summed E-state index contributed by atoms with van der Waals surface area (Å²) in [6, 6.07) is 25.3. The summed E-state index contributed by atoms with van der Waals surface area (Å²) in [6.07, 6.45) is 3.41. The third kappa shape index (κ3) is 2.19. The van der Waals surface area contributed by atoms with Gasteiger partial charge in [0.05, 0.1) is 11.3 Å². The first kappa shape index (κ1) is 17.2. The molecule has 4 aromatic rings. The van der Waals surface area contributed by atoms with Crippen LogP contribution >= 0.6 is 22.7 Å². The summed E-state index contributed by atoms with van der Waals surface area (Å²) in [5, 5.41) is 4.47. The largest absolute Gasteiger partial charge is 1.00 e. The maximum Gasteiger partial charge on any atom is 0.190 e. The van der Waals surface area contributed by atoms with Crippen molar-refractivity contribution >= 4 is 22.7 Å². The molecule has 0 unspecified atom stereocenters. The van der Waals surface area contributed by atoms with Crippen LogP contribution in [0.4, 0.5) is 0 Å². The van der Waals surface area contributed by atoms with Crippen molar-refractivity contribution in [2.24, 2.45) is 0 Å². The molecule has 1 aliphatic carbocycles. The van der Waals surface area contributed by atoms with Crippen LogP contribution in [0.3, 0.4) is 0 Å². The molecule has 5 heterocycles. The lowest BCUT2D eigenvalue weighted by Gasteiger charge is -2.48. The third-order valence-electron chi connectivity index (χ3n) is 6.15. The van der Waals surface area contributed by atoms with Gasteiger partial charge in [-0.15, -0.1) is 22.7 Å². The molecule has 0 fully saturated rings. The Morgan fingerprint density at radius 3 is 2.11 bits per heavy atom. The molecule has 0 N–H and O–H groups in total. The van der Waals surface area contributed by atoms with Gasteiger partial charge in [0.25, 0.3) is 0 Å². The van der Waals surface area contributed by atoms with E-state index in [0.717, 1.165) is 6.42 Å². The van der Waals surface area contributed by atoms with Crippen LogP contribution in [0.25, 0.3) is 0 Å². The molecule has 0 saturated heterocycles. The third-order valence-corrected chi connectivity index (χ3v) is 8.25. The number of thiophene rings is 2. The number of hydrogen-bond acceptors (Lipinski definition) is 2. The number of nitrogens with zero attached hydrogens (tertiary/aromatic N) is 1. The van der Waals surface area contributed by atoms with E-state index in [1.54, 1.807) is 0 Å². The Bertz CT molecular complexity index is 1000. The van der Waals surface area contributed by atoms with Crippen LogP contribution < -0.4 is 17.0 Å². The molecule has 0 spiro atoms. The lowest BCUT2D eigenvalue weighted by Crippen LogP contribution is -3.00. The summed E-state index contributed by atoms with van der Waals surface area (Å²) < 4.78 is 2.52. The SMILES string of the molecule is [Cl-].c1csc(C2(c3cccs3)C[C@@H]3c4ccccc4[C@H]2c2cccc[n+]23)c1. The Morgan fingerprint density at radius 2 is 1.44 bits per heavy atom. The highest BCUT2D eigenvalue weighted by atomic mass is 35.5. The van der Waals surface area contributed by atoms with Gasteiger partial charge >= 0.3 is 0 Å². The number of halogens is 1. The summed E-state index contributed by atoms with van der Waals surface area (Å²) in [7, 11) is 0. The molecular formula is C23H18ClNS2. The minimum absolute atomic E-state index is 0. The average molecular weight is 408 g/mol. The van der Waals surface area contributed by atoms with Crippen LogP contribution in [0, 0.1) is 0 Å². The van der Waals surface area contributed by atoms with Crippen molar-refractivity contribution in [3.05, 3.63) is 110 Å². The van der Waals surface area contributed by atoms with Crippen LogP contribution in [-0.2, 0) is 5.41 Å². The average Bonchev–Trinajstić information content (AvgIpc) is 3.42. The molecule has 3 aliphatic rings. The number of benzene rings is 1. The predicted molar refractivity (Wildman–Crippen MR) is 107 cm³/mol. The topological polar surface area (TPSA) is 3.88 Å². The van der Waals surface area contributed by atoms with E-state index in [-0.39, 0.29) is 17.8 Å². The van der Waals surface area contributed by atoms with Crippen LogP contribution in [0.1, 0.15) is 45.0 Å². The van der Waals surface area contributed by atoms with E-state index in [1.807, 2.05) is 22.7 Å². The second kappa shape index (κ2) is 6.30. The highest BCUT2D eigenvalue weighted by Crippen LogP contribution is 2.60. The van der Waals surface area contributed by atoms with Gasteiger partial charge in [0, 0.05) is 33.9 Å². The van der Waals surface area contributed by atoms with Crippen LogP contribution in [0.2, 0.25) is 0 Å². The molecule has 2 aliphatic heterocycles. The van der Waals surface area contributed by atoms with Gasteiger partial charge in [-0.05, 0) is 28.5 Å². The fraction of sp³-hybridized carbons (Fsp3) is 0.174. The molecule has 1 aromatic carbocycles. The van der Waals surface area contributed by atoms with Gasteiger partial charge in [0.2, 0.25) is 0 Å². The van der Waals surface area contributed by atoms with Gasteiger partial charge in [-0.25, -0.2) is 0 Å². The molecule has 134 valence electrons. The van der Waals surface area contributed by atoms with E-state index in [0.29, 0.717) is 12.0 Å². The molecule has 0 radical (unpaired) electrons. The summed E-state index contributed by atoms with van der Waals surface area (Å²) in [4.78, 5) is 3.00. The number of pyridine rings is 1. The number of hydrogen-bond donors (Lipinski definition) is 0. The molecule has 4 heteroatoms. The van der Waals surface area contributed by atoms with Gasteiger partial charge in [-0.2, -0.15) is 4.57 Å². The van der Waals surface area contributed by atoms with Gasteiger partial charge < -0.3 is 12.4 Å². The molecule has 0 amide bonds. The van der Waals surface area contributed by atoms with E-state index in [9.17, 15) is 0 Å². The quantitative estimate of drug-likeness (QED) is 0.449. The maximum atomic E-state index is 2.52. The number of fused-ring (bicyclic) bond motifs is 1. The Kier molecular flexibility index (Phi) is 4.01. The highest BCUT2D eigenvalue weighted by molar-refractivity contribution is 7.11. The minimum Gasteiger partial charge on any atom is -1.00 e. The Hall–Kier alpha value is -1.94. The van der Waals surface area contributed by atoms with E-state index in [4.69, 9.17) is 0 Å². The van der Waals surface area contributed by atoms with Crippen molar-refractivity contribution in [3.8, 4) is 0 Å². The van der Waals surface area contributed by atoms with Crippen LogP contribution in [0.5, 0.6) is 0 Å². The second-order valence-electron chi connectivity index (χ2n) is 7.24. The van der Waals surface area contributed by atoms with Crippen LogP contribution in [-0.4, -0.2) is 0 Å². The summed E-state index contributed by atoms with van der Waals surface area (Å²) >= 11 is 3.83. The van der Waals surface area contributed by atoms with Crippen LogP contribution in [0.15, 0.2) is 83.7 Å². The Labute approximate surface area is 173 Å². The molecule has 7 rings (SSSR count). The van der Waals surface area contributed by atoms with Gasteiger partial charge in [0.15, 0.2) is 17.9 Å². The van der Waals surface area contributed by atoms with Crippen molar-refractivity contribution in [1.82, 2.24) is 0 Å². The summed E-state index contributed by atoms with van der Waals surface area (Å²) in [6.45, 7) is 0. The van der Waals surface area contributed by atoms with Crippen molar-refractivity contribution < 1.29 is 17.0 Å². The van der Waals surface area contributed by atoms with E-state index < -0.39 is 0 Å². The lowest BCUT2D eigenvalue weighted by atomic mass is 9.57. The highest BCUT2D eigenvalue weighted by Gasteiger charge is 2.60. The molecule has 3 aromatic heterocycles. The normalized spacial score (nSPS) is 21.2. The molecule has 2 bridgehead atoms. The van der Waals surface area contributed by atoms with E-state index >= 15 is 0 Å². The smallest absolute Gasteiger partial charge is 0.190 e. The minimum atomic E-state index is 0. The zero-order valence-electron chi connectivity index (χ0n) is 14.6.